The number of sulfonamides is 1. The average Bonchev–Trinajstić information content (AvgIpc) is 2.53. The van der Waals surface area contributed by atoms with Gasteiger partial charge in [-0.2, -0.15) is 0 Å². The van der Waals surface area contributed by atoms with Crippen LogP contribution in [0.1, 0.15) is 27.6 Å². The molecule has 26 heavy (non-hydrogen) atoms. The lowest BCUT2D eigenvalue weighted by molar-refractivity contribution is 0.0526. The van der Waals surface area contributed by atoms with Gasteiger partial charge in [0.25, 0.3) is 5.91 Å². The van der Waals surface area contributed by atoms with E-state index in [-0.39, 0.29) is 22.9 Å². The molecule has 7 nitrogen and oxygen atoms in total. The fourth-order valence-corrected chi connectivity index (χ4v) is 2.94. The Balaban J connectivity index is 2.17. The quantitative estimate of drug-likeness (QED) is 0.730. The minimum atomic E-state index is -3.45. The highest BCUT2D eigenvalue weighted by molar-refractivity contribution is 7.92. The maximum absolute atomic E-state index is 12.4. The monoisotopic (exact) mass is 396 g/mol. The number of hydrogen-bond donors (Lipinski definition) is 2. The number of halogens is 1. The molecule has 2 aromatic rings. The molecule has 0 aromatic heterocycles. The van der Waals surface area contributed by atoms with Gasteiger partial charge in [-0.3, -0.25) is 9.52 Å². The first kappa shape index (κ1) is 19.7. The van der Waals surface area contributed by atoms with Gasteiger partial charge in [0, 0.05) is 11.4 Å². The molecule has 0 saturated carbocycles. The number of rotatable bonds is 6. The lowest BCUT2D eigenvalue weighted by Gasteiger charge is -2.10. The number of carbonyl (C=O) groups is 2. The van der Waals surface area contributed by atoms with Crippen molar-refractivity contribution in [1.29, 1.82) is 0 Å². The molecule has 0 fully saturated rings. The maximum Gasteiger partial charge on any atom is 0.338 e. The number of amides is 1. The molecule has 0 aliphatic rings. The van der Waals surface area contributed by atoms with Gasteiger partial charge in [-0.15, -0.1) is 0 Å². The summed E-state index contributed by atoms with van der Waals surface area (Å²) in [5, 5.41) is 2.72. The summed E-state index contributed by atoms with van der Waals surface area (Å²) in [7, 11) is -3.45. The van der Waals surface area contributed by atoms with Crippen LogP contribution < -0.4 is 10.0 Å². The molecule has 138 valence electrons. The topological polar surface area (TPSA) is 102 Å². The number of nitrogens with one attached hydrogen (secondary N) is 2. The highest BCUT2D eigenvalue weighted by Crippen LogP contribution is 2.23. The third kappa shape index (κ3) is 5.47. The van der Waals surface area contributed by atoms with Crippen molar-refractivity contribution in [1.82, 2.24) is 0 Å². The Hall–Kier alpha value is -2.58. The van der Waals surface area contributed by atoms with Crippen LogP contribution >= 0.6 is 11.6 Å². The van der Waals surface area contributed by atoms with Crippen LogP contribution in [0.15, 0.2) is 42.5 Å². The van der Waals surface area contributed by atoms with E-state index in [0.717, 1.165) is 6.26 Å². The summed E-state index contributed by atoms with van der Waals surface area (Å²) in [4.78, 5) is 24.1. The number of hydrogen-bond acceptors (Lipinski definition) is 5. The van der Waals surface area contributed by atoms with E-state index < -0.39 is 21.9 Å². The van der Waals surface area contributed by atoms with Crippen molar-refractivity contribution in [3.8, 4) is 0 Å². The maximum atomic E-state index is 12.4. The Kier molecular flexibility index (Phi) is 6.23. The first-order valence-corrected chi connectivity index (χ1v) is 9.82. The van der Waals surface area contributed by atoms with Crippen LogP contribution in [0.4, 0.5) is 11.4 Å². The Bertz CT molecular complexity index is 944. The van der Waals surface area contributed by atoms with Crippen molar-refractivity contribution in [2.75, 3.05) is 22.9 Å². The second-order valence-electron chi connectivity index (χ2n) is 5.32. The molecule has 2 rings (SSSR count). The summed E-state index contributed by atoms with van der Waals surface area (Å²) < 4.78 is 29.7. The van der Waals surface area contributed by atoms with Crippen LogP contribution in [0.3, 0.4) is 0 Å². The lowest BCUT2D eigenvalue weighted by Crippen LogP contribution is -2.14. The smallest absolute Gasteiger partial charge is 0.338 e. The standard InChI is InChI=1S/C17H17ClN2O5S/c1-3-25-17(22)11-5-4-6-12(9-11)19-16(21)14-8-7-13(10-15(14)18)20-26(2,23)24/h4-10,20H,3H2,1-2H3,(H,19,21). The van der Waals surface area contributed by atoms with E-state index in [1.165, 1.54) is 24.3 Å². The number of benzene rings is 2. The van der Waals surface area contributed by atoms with Crippen molar-refractivity contribution >= 4 is 44.9 Å². The summed E-state index contributed by atoms with van der Waals surface area (Å²) in [6, 6.07) is 10.5. The molecule has 2 N–H and O–H groups in total. The second-order valence-corrected chi connectivity index (χ2v) is 7.48. The van der Waals surface area contributed by atoms with Gasteiger partial charge in [0.1, 0.15) is 0 Å². The fourth-order valence-electron chi connectivity index (χ4n) is 2.11. The largest absolute Gasteiger partial charge is 0.462 e. The Morgan fingerprint density at radius 3 is 2.46 bits per heavy atom. The Labute approximate surface area is 156 Å². The predicted octanol–water partition coefficient (Wildman–Crippen LogP) is 3.14. The van der Waals surface area contributed by atoms with Gasteiger partial charge in [-0.25, -0.2) is 13.2 Å². The van der Waals surface area contributed by atoms with Gasteiger partial charge < -0.3 is 10.1 Å². The van der Waals surface area contributed by atoms with Crippen LogP contribution in [0.2, 0.25) is 5.02 Å². The van der Waals surface area contributed by atoms with Crippen molar-refractivity contribution in [2.45, 2.75) is 6.92 Å². The molecule has 0 heterocycles. The molecule has 0 unspecified atom stereocenters. The summed E-state index contributed by atoms with van der Waals surface area (Å²) in [5.74, 6) is -0.986. The zero-order valence-corrected chi connectivity index (χ0v) is 15.6. The molecule has 0 atom stereocenters. The molecule has 2 aromatic carbocycles. The number of ether oxygens (including phenoxy) is 1. The van der Waals surface area contributed by atoms with Crippen molar-refractivity contribution in [3.63, 3.8) is 0 Å². The lowest BCUT2D eigenvalue weighted by atomic mass is 10.1. The zero-order valence-electron chi connectivity index (χ0n) is 14.1. The van der Waals surface area contributed by atoms with Crippen LogP contribution in [0.5, 0.6) is 0 Å². The van der Waals surface area contributed by atoms with E-state index in [9.17, 15) is 18.0 Å². The first-order valence-electron chi connectivity index (χ1n) is 7.55. The van der Waals surface area contributed by atoms with Crippen molar-refractivity contribution in [2.24, 2.45) is 0 Å². The highest BCUT2D eigenvalue weighted by atomic mass is 35.5. The molecule has 9 heteroatoms. The van der Waals surface area contributed by atoms with E-state index in [4.69, 9.17) is 16.3 Å². The minimum absolute atomic E-state index is 0.0812. The van der Waals surface area contributed by atoms with E-state index >= 15 is 0 Å². The van der Waals surface area contributed by atoms with Gasteiger partial charge in [0.2, 0.25) is 10.0 Å². The van der Waals surface area contributed by atoms with Crippen molar-refractivity contribution in [3.05, 3.63) is 58.6 Å². The zero-order chi connectivity index (χ0) is 19.3. The Morgan fingerprint density at radius 1 is 1.12 bits per heavy atom. The molecule has 1 amide bonds. The SMILES string of the molecule is CCOC(=O)c1cccc(NC(=O)c2ccc(NS(C)(=O)=O)cc2Cl)c1. The molecule has 0 bridgehead atoms. The second kappa shape index (κ2) is 8.20. The third-order valence-corrected chi connectivity index (χ3v) is 4.07. The molecule has 0 saturated heterocycles. The van der Waals surface area contributed by atoms with Crippen LogP contribution in [0.25, 0.3) is 0 Å². The van der Waals surface area contributed by atoms with E-state index in [1.54, 1.807) is 25.1 Å². The molecule has 0 radical (unpaired) electrons. The third-order valence-electron chi connectivity index (χ3n) is 3.15. The van der Waals surface area contributed by atoms with Gasteiger partial charge in [0.15, 0.2) is 0 Å². The highest BCUT2D eigenvalue weighted by Gasteiger charge is 2.14. The van der Waals surface area contributed by atoms with Gasteiger partial charge in [-0.1, -0.05) is 17.7 Å². The molecular weight excluding hydrogens is 380 g/mol. The van der Waals surface area contributed by atoms with E-state index in [0.29, 0.717) is 11.3 Å². The number of carbonyl (C=O) groups excluding carboxylic acids is 2. The van der Waals surface area contributed by atoms with Gasteiger partial charge >= 0.3 is 5.97 Å². The molecule has 0 aliphatic heterocycles. The number of esters is 1. The van der Waals surface area contributed by atoms with Gasteiger partial charge in [0.05, 0.1) is 29.0 Å². The van der Waals surface area contributed by atoms with E-state index in [2.05, 4.69) is 10.0 Å². The first-order chi connectivity index (χ1) is 12.2. The Morgan fingerprint density at radius 2 is 1.85 bits per heavy atom. The van der Waals surface area contributed by atoms with Gasteiger partial charge in [-0.05, 0) is 43.3 Å². The average molecular weight is 397 g/mol. The summed E-state index contributed by atoms with van der Waals surface area (Å²) in [5.41, 5.74) is 1.11. The minimum Gasteiger partial charge on any atom is -0.462 e. The normalized spacial score (nSPS) is 10.9. The molecule has 0 spiro atoms. The fraction of sp³-hybridized carbons (Fsp3) is 0.176. The summed E-state index contributed by atoms with van der Waals surface area (Å²) in [6.45, 7) is 1.95. The predicted molar refractivity (Wildman–Crippen MR) is 100 cm³/mol. The molecular formula is C17H17ClN2O5S. The summed E-state index contributed by atoms with van der Waals surface area (Å²) in [6.07, 6.45) is 1.01. The number of anilines is 2. The van der Waals surface area contributed by atoms with Crippen molar-refractivity contribution < 1.29 is 22.7 Å². The molecule has 0 aliphatic carbocycles. The van der Waals surface area contributed by atoms with Crippen LogP contribution in [-0.4, -0.2) is 33.2 Å². The van der Waals surface area contributed by atoms with Crippen LogP contribution in [0, 0.1) is 0 Å². The van der Waals surface area contributed by atoms with E-state index in [1.807, 2.05) is 0 Å². The van der Waals surface area contributed by atoms with Crippen LogP contribution in [-0.2, 0) is 14.8 Å². The summed E-state index contributed by atoms with van der Waals surface area (Å²) >= 11 is 6.07.